The summed E-state index contributed by atoms with van der Waals surface area (Å²) in [7, 11) is 0. The third-order valence-corrected chi connectivity index (χ3v) is 5.85. The van der Waals surface area contributed by atoms with Crippen molar-refractivity contribution in [1.29, 1.82) is 5.26 Å². The normalized spacial score (nSPS) is 12.0. The molecule has 0 amide bonds. The van der Waals surface area contributed by atoms with Gasteiger partial charge in [-0.2, -0.15) is 5.26 Å². The highest BCUT2D eigenvalue weighted by molar-refractivity contribution is 6.34. The Balaban J connectivity index is 1.85. The first-order chi connectivity index (χ1) is 15.8. The van der Waals surface area contributed by atoms with Crippen LogP contribution in [0, 0.1) is 18.3 Å². The summed E-state index contributed by atoms with van der Waals surface area (Å²) < 4.78 is 2.45. The predicted octanol–water partition coefficient (Wildman–Crippen LogP) is 3.07. The van der Waals surface area contributed by atoms with Crippen molar-refractivity contribution in [3.63, 3.8) is 0 Å². The number of fused-ring (bicyclic) bond motifs is 3. The largest absolute Gasteiger partial charge is 0.493 e. The van der Waals surface area contributed by atoms with E-state index in [0.717, 1.165) is 4.68 Å². The highest BCUT2D eigenvalue weighted by Gasteiger charge is 2.19. The van der Waals surface area contributed by atoms with Crippen molar-refractivity contribution in [1.82, 2.24) is 19.2 Å². The molecule has 0 radical (unpaired) electrons. The van der Waals surface area contributed by atoms with Crippen LogP contribution in [0.1, 0.15) is 16.7 Å². The Hall–Kier alpha value is -4.06. The molecule has 2 N–H and O–H groups in total. The Morgan fingerprint density at radius 2 is 1.85 bits per heavy atom. The van der Waals surface area contributed by atoms with Crippen LogP contribution in [0.25, 0.3) is 28.4 Å². The molecule has 8 nitrogen and oxygen atoms in total. The van der Waals surface area contributed by atoms with Crippen LogP contribution in [0.3, 0.4) is 0 Å². The highest BCUT2D eigenvalue weighted by Crippen LogP contribution is 2.25. The van der Waals surface area contributed by atoms with Crippen molar-refractivity contribution in [3.8, 4) is 17.6 Å². The Kier molecular flexibility index (Phi) is 4.74. The van der Waals surface area contributed by atoms with E-state index < -0.39 is 17.0 Å². The van der Waals surface area contributed by atoms with Gasteiger partial charge in [0.2, 0.25) is 5.88 Å². The van der Waals surface area contributed by atoms with Gasteiger partial charge in [-0.1, -0.05) is 35.3 Å². The number of halogens is 2. The van der Waals surface area contributed by atoms with Gasteiger partial charge in [0.25, 0.3) is 11.1 Å². The van der Waals surface area contributed by atoms with E-state index in [0.29, 0.717) is 32.3 Å². The van der Waals surface area contributed by atoms with Gasteiger partial charge in [-0.3, -0.25) is 19.1 Å². The lowest BCUT2D eigenvalue weighted by molar-refractivity contribution is 0.432. The Bertz CT molecular complexity index is 1810. The maximum atomic E-state index is 13.4. The molecule has 3 heterocycles. The number of aromatic amines is 1. The number of aromatic hydroxyl groups is 1. The van der Waals surface area contributed by atoms with Crippen LogP contribution >= 0.6 is 23.2 Å². The molecule has 0 spiro atoms. The van der Waals surface area contributed by atoms with Crippen molar-refractivity contribution in [2.75, 3.05) is 0 Å². The van der Waals surface area contributed by atoms with E-state index in [-0.39, 0.29) is 22.0 Å². The van der Waals surface area contributed by atoms with Gasteiger partial charge in [-0.05, 0) is 48.9 Å². The fourth-order valence-corrected chi connectivity index (χ4v) is 4.37. The monoisotopic (exact) mass is 477 g/mol. The van der Waals surface area contributed by atoms with Crippen LogP contribution in [-0.4, -0.2) is 24.3 Å². The van der Waals surface area contributed by atoms with Gasteiger partial charge in [-0.25, -0.2) is 9.67 Å². The standard InChI is InChI=1S/C23H13Cl2N5O3/c1-11-15(22(32)29-19-5-3-2-4-18(19)27-20(29)17(11)10-26)9-16-21(31)28-30(23(16)33)14-7-12(24)6-13(25)8-14/h2-9,33H,1H3,(H,28,31)/b15-9+. The first-order valence-corrected chi connectivity index (χ1v) is 10.4. The fraction of sp³-hybridized carbons (Fsp3) is 0.0435. The molecule has 0 fully saturated rings. The number of nitriles is 1. The Labute approximate surface area is 195 Å². The molecule has 0 bridgehead atoms. The zero-order chi connectivity index (χ0) is 23.4. The molecule has 162 valence electrons. The summed E-state index contributed by atoms with van der Waals surface area (Å²) >= 11 is 12.1. The summed E-state index contributed by atoms with van der Waals surface area (Å²) in [5.74, 6) is -0.439. The minimum Gasteiger partial charge on any atom is -0.493 e. The van der Waals surface area contributed by atoms with Gasteiger partial charge in [-0.15, -0.1) is 0 Å². The molecule has 0 aliphatic carbocycles. The molecular formula is C23H13Cl2N5O3. The predicted molar refractivity (Wildman–Crippen MR) is 125 cm³/mol. The second-order valence-corrected chi connectivity index (χ2v) is 8.25. The van der Waals surface area contributed by atoms with E-state index in [1.54, 1.807) is 31.2 Å². The summed E-state index contributed by atoms with van der Waals surface area (Å²) in [6.07, 6.45) is 1.27. The lowest BCUT2D eigenvalue weighted by atomic mass is 10.1. The molecule has 2 aromatic carbocycles. The van der Waals surface area contributed by atoms with E-state index in [2.05, 4.69) is 16.2 Å². The molecule has 3 aromatic heterocycles. The van der Waals surface area contributed by atoms with E-state index in [4.69, 9.17) is 23.2 Å². The van der Waals surface area contributed by atoms with Gasteiger partial charge in [0.1, 0.15) is 11.6 Å². The summed E-state index contributed by atoms with van der Waals surface area (Å²) in [4.78, 5) is 30.6. The second kappa shape index (κ2) is 7.52. The number of H-pyrrole nitrogens is 1. The molecule has 5 aromatic rings. The van der Waals surface area contributed by atoms with Gasteiger partial charge in [0.15, 0.2) is 5.65 Å². The van der Waals surface area contributed by atoms with Crippen LogP contribution < -0.4 is 16.3 Å². The van der Waals surface area contributed by atoms with Gasteiger partial charge < -0.3 is 5.11 Å². The smallest absolute Gasteiger partial charge is 0.275 e. The molecular weight excluding hydrogens is 465 g/mol. The van der Waals surface area contributed by atoms with Crippen molar-refractivity contribution in [3.05, 3.63) is 95.1 Å². The number of nitrogens with one attached hydrogen (secondary N) is 1. The van der Waals surface area contributed by atoms with Crippen LogP contribution in [-0.2, 0) is 0 Å². The van der Waals surface area contributed by atoms with E-state index in [1.165, 1.54) is 28.7 Å². The number of rotatable bonds is 2. The number of aromatic nitrogens is 4. The second-order valence-electron chi connectivity index (χ2n) is 7.38. The number of para-hydroxylation sites is 2. The average molecular weight is 478 g/mol. The van der Waals surface area contributed by atoms with Gasteiger partial charge in [0, 0.05) is 15.3 Å². The molecule has 0 saturated carbocycles. The molecule has 33 heavy (non-hydrogen) atoms. The lowest BCUT2D eigenvalue weighted by Gasteiger charge is -2.06. The van der Waals surface area contributed by atoms with Crippen LogP contribution in [0.5, 0.6) is 5.88 Å². The molecule has 0 unspecified atom stereocenters. The molecule has 0 atom stereocenters. The topological polar surface area (TPSA) is 116 Å². The van der Waals surface area contributed by atoms with Crippen molar-refractivity contribution >= 4 is 46.0 Å². The lowest BCUT2D eigenvalue weighted by Crippen LogP contribution is -2.34. The minimum absolute atomic E-state index is 0.0879. The van der Waals surface area contributed by atoms with Gasteiger partial charge in [0.05, 0.1) is 22.3 Å². The Morgan fingerprint density at radius 1 is 1.15 bits per heavy atom. The molecule has 0 aliphatic rings. The number of imidazole rings is 1. The number of hydrogen-bond donors (Lipinski definition) is 2. The number of nitrogens with zero attached hydrogens (tertiary/aromatic N) is 4. The summed E-state index contributed by atoms with van der Waals surface area (Å²) in [5.41, 5.74) is 0.956. The highest BCUT2D eigenvalue weighted by atomic mass is 35.5. The van der Waals surface area contributed by atoms with Crippen LogP contribution in [0.2, 0.25) is 10.0 Å². The summed E-state index contributed by atoms with van der Waals surface area (Å²) in [6.45, 7) is 1.60. The van der Waals surface area contributed by atoms with E-state index in [1.807, 2.05) is 0 Å². The first-order valence-electron chi connectivity index (χ1n) is 9.66. The van der Waals surface area contributed by atoms with Crippen molar-refractivity contribution in [2.24, 2.45) is 0 Å². The number of benzene rings is 2. The zero-order valence-electron chi connectivity index (χ0n) is 16.9. The zero-order valence-corrected chi connectivity index (χ0v) is 18.4. The third-order valence-electron chi connectivity index (χ3n) is 5.41. The van der Waals surface area contributed by atoms with Crippen molar-refractivity contribution in [2.45, 2.75) is 6.92 Å². The maximum Gasteiger partial charge on any atom is 0.275 e. The maximum absolute atomic E-state index is 13.4. The summed E-state index contributed by atoms with van der Waals surface area (Å²) in [6, 6.07) is 13.6. The first kappa shape index (κ1) is 20.8. The van der Waals surface area contributed by atoms with Crippen LogP contribution in [0.15, 0.2) is 52.1 Å². The van der Waals surface area contributed by atoms with E-state index in [9.17, 15) is 20.0 Å². The van der Waals surface area contributed by atoms with Gasteiger partial charge >= 0.3 is 0 Å². The third kappa shape index (κ3) is 3.18. The van der Waals surface area contributed by atoms with E-state index >= 15 is 0 Å². The molecule has 5 rings (SSSR count). The Morgan fingerprint density at radius 3 is 2.55 bits per heavy atom. The summed E-state index contributed by atoms with van der Waals surface area (Å²) in [5, 5.41) is 23.8. The average Bonchev–Trinajstić information content (AvgIpc) is 3.28. The molecule has 10 heteroatoms. The van der Waals surface area contributed by atoms with Crippen LogP contribution in [0.4, 0.5) is 0 Å². The number of hydrogen-bond acceptors (Lipinski definition) is 5. The minimum atomic E-state index is -0.642. The quantitative estimate of drug-likeness (QED) is 0.405. The SMILES string of the molecule is Cc1c(C#N)c2nc3ccccc3n2c(=O)/c1=C/c1c(O)n(-c2cc(Cl)cc(Cl)c2)[nH]c1=O. The molecule has 0 saturated heterocycles. The number of pyridine rings is 1. The molecule has 0 aliphatic heterocycles. The fourth-order valence-electron chi connectivity index (χ4n) is 3.85. The van der Waals surface area contributed by atoms with Crippen molar-refractivity contribution < 1.29 is 5.11 Å².